The number of methoxy groups -OCH3 is 1. The molecule has 1 unspecified atom stereocenters. The van der Waals surface area contributed by atoms with Crippen molar-refractivity contribution in [2.24, 2.45) is 0 Å². The molecule has 0 aliphatic carbocycles. The molecule has 0 aliphatic rings. The van der Waals surface area contributed by atoms with Gasteiger partial charge >= 0.3 is 5.97 Å². The van der Waals surface area contributed by atoms with Crippen molar-refractivity contribution < 1.29 is 27.4 Å². The van der Waals surface area contributed by atoms with Crippen molar-refractivity contribution in [2.75, 3.05) is 13.7 Å². The Bertz CT molecular complexity index is 597. The van der Waals surface area contributed by atoms with E-state index in [1.807, 2.05) is 6.92 Å². The van der Waals surface area contributed by atoms with Crippen LogP contribution >= 0.6 is 0 Å². The summed E-state index contributed by atoms with van der Waals surface area (Å²) in [5.41, 5.74) is -0.684. The molecule has 0 fully saturated rings. The number of hydrogen-bond acceptors (Lipinski definition) is 4. The molecule has 0 radical (unpaired) electrons. The molecule has 0 aliphatic heterocycles. The van der Waals surface area contributed by atoms with Crippen molar-refractivity contribution in [3.8, 4) is 0 Å². The zero-order chi connectivity index (χ0) is 16.0. The van der Waals surface area contributed by atoms with Crippen LogP contribution in [0.25, 0.3) is 0 Å². The molecule has 1 aromatic rings. The Balaban J connectivity index is 3.07. The van der Waals surface area contributed by atoms with Gasteiger partial charge in [-0.25, -0.2) is 22.3 Å². The number of halogens is 1. The summed E-state index contributed by atoms with van der Waals surface area (Å²) in [5, 5.41) is 8.83. The molecular formula is C13H18FNO5S. The first-order valence-corrected chi connectivity index (χ1v) is 7.84. The number of nitrogens with one attached hydrogen (secondary N) is 1. The first-order valence-electron chi connectivity index (χ1n) is 6.36. The maximum Gasteiger partial charge on any atom is 0.338 e. The number of benzene rings is 1. The van der Waals surface area contributed by atoms with Gasteiger partial charge in [0.15, 0.2) is 0 Å². The van der Waals surface area contributed by atoms with Crippen LogP contribution in [-0.2, 0) is 14.8 Å². The summed E-state index contributed by atoms with van der Waals surface area (Å²) in [6, 6.07) is 2.22. The molecule has 0 amide bonds. The molecule has 118 valence electrons. The third-order valence-corrected chi connectivity index (χ3v) is 4.32. The smallest absolute Gasteiger partial charge is 0.338 e. The van der Waals surface area contributed by atoms with Gasteiger partial charge < -0.3 is 9.84 Å². The standard InChI is InChI=1S/C13H18FNO5S/c1-3-4-9(8-20-2)15-21(18,19)10-5-6-12(14)11(7-10)13(16)17/h5-7,9,15H,3-4,8H2,1-2H3,(H,16,17). The van der Waals surface area contributed by atoms with E-state index in [0.29, 0.717) is 6.42 Å². The van der Waals surface area contributed by atoms with Gasteiger partial charge in [-0.05, 0) is 24.6 Å². The molecule has 1 rings (SSSR count). The van der Waals surface area contributed by atoms with E-state index in [1.165, 1.54) is 7.11 Å². The number of aromatic carboxylic acids is 1. The van der Waals surface area contributed by atoms with Crippen molar-refractivity contribution in [2.45, 2.75) is 30.7 Å². The van der Waals surface area contributed by atoms with Gasteiger partial charge in [0.25, 0.3) is 0 Å². The van der Waals surface area contributed by atoms with Crippen LogP contribution in [-0.4, -0.2) is 39.3 Å². The summed E-state index contributed by atoms with van der Waals surface area (Å²) >= 11 is 0. The lowest BCUT2D eigenvalue weighted by Crippen LogP contribution is -2.38. The lowest BCUT2D eigenvalue weighted by Gasteiger charge is -2.17. The minimum Gasteiger partial charge on any atom is -0.478 e. The normalized spacial score (nSPS) is 13.1. The maximum atomic E-state index is 13.3. The van der Waals surface area contributed by atoms with Gasteiger partial charge in [-0.1, -0.05) is 13.3 Å². The van der Waals surface area contributed by atoms with Crippen LogP contribution in [0.4, 0.5) is 4.39 Å². The fourth-order valence-corrected chi connectivity index (χ4v) is 3.13. The monoisotopic (exact) mass is 319 g/mol. The number of rotatable bonds is 8. The molecule has 0 heterocycles. The fraction of sp³-hybridized carbons (Fsp3) is 0.462. The molecule has 0 saturated heterocycles. The molecule has 21 heavy (non-hydrogen) atoms. The quantitative estimate of drug-likeness (QED) is 0.759. The summed E-state index contributed by atoms with van der Waals surface area (Å²) < 4.78 is 45.1. The minimum absolute atomic E-state index is 0.194. The zero-order valence-electron chi connectivity index (χ0n) is 11.8. The predicted octanol–water partition coefficient (Wildman–Crippen LogP) is 1.62. The van der Waals surface area contributed by atoms with Gasteiger partial charge in [-0.3, -0.25) is 0 Å². The topological polar surface area (TPSA) is 92.7 Å². The maximum absolute atomic E-state index is 13.3. The van der Waals surface area contributed by atoms with Gasteiger partial charge in [0.2, 0.25) is 10.0 Å². The van der Waals surface area contributed by atoms with Gasteiger partial charge in [0, 0.05) is 13.2 Å². The van der Waals surface area contributed by atoms with Crippen LogP contribution in [0.15, 0.2) is 23.1 Å². The molecule has 0 spiro atoms. The summed E-state index contributed by atoms with van der Waals surface area (Å²) in [6.45, 7) is 2.09. The van der Waals surface area contributed by atoms with Crippen LogP contribution in [0, 0.1) is 5.82 Å². The Labute approximate surface area is 123 Å². The van der Waals surface area contributed by atoms with Crippen LogP contribution in [0.5, 0.6) is 0 Å². The van der Waals surface area contributed by atoms with Crippen molar-refractivity contribution in [1.82, 2.24) is 4.72 Å². The summed E-state index contributed by atoms with van der Waals surface area (Å²) in [7, 11) is -2.48. The highest BCUT2D eigenvalue weighted by molar-refractivity contribution is 7.89. The van der Waals surface area contributed by atoms with Crippen LogP contribution in [0.2, 0.25) is 0 Å². The number of hydrogen-bond donors (Lipinski definition) is 2. The second-order valence-electron chi connectivity index (χ2n) is 4.51. The highest BCUT2D eigenvalue weighted by atomic mass is 32.2. The van der Waals surface area contributed by atoms with E-state index in [-0.39, 0.29) is 11.5 Å². The van der Waals surface area contributed by atoms with Gasteiger partial charge in [0.1, 0.15) is 5.82 Å². The van der Waals surface area contributed by atoms with Crippen LogP contribution in [0.1, 0.15) is 30.1 Å². The fourth-order valence-electron chi connectivity index (χ4n) is 1.85. The van der Waals surface area contributed by atoms with Crippen molar-refractivity contribution in [3.63, 3.8) is 0 Å². The van der Waals surface area contributed by atoms with E-state index >= 15 is 0 Å². The average Bonchev–Trinajstić information content (AvgIpc) is 2.38. The van der Waals surface area contributed by atoms with Gasteiger partial charge in [-0.15, -0.1) is 0 Å². The number of sulfonamides is 1. The SMILES string of the molecule is CCCC(COC)NS(=O)(=O)c1ccc(F)c(C(=O)O)c1. The second-order valence-corrected chi connectivity index (χ2v) is 6.22. The Morgan fingerprint density at radius 1 is 1.48 bits per heavy atom. The van der Waals surface area contributed by atoms with E-state index in [2.05, 4.69) is 4.72 Å². The van der Waals surface area contributed by atoms with E-state index in [0.717, 1.165) is 24.6 Å². The van der Waals surface area contributed by atoms with Crippen LogP contribution < -0.4 is 4.72 Å². The summed E-state index contributed by atoms with van der Waals surface area (Å²) in [5.74, 6) is -2.50. The van der Waals surface area contributed by atoms with Crippen LogP contribution in [0.3, 0.4) is 0 Å². The average molecular weight is 319 g/mol. The molecule has 2 N–H and O–H groups in total. The second kappa shape index (κ2) is 7.48. The molecule has 0 bridgehead atoms. The van der Waals surface area contributed by atoms with Gasteiger partial charge in [-0.2, -0.15) is 0 Å². The molecule has 0 aromatic heterocycles. The van der Waals surface area contributed by atoms with E-state index in [9.17, 15) is 17.6 Å². The van der Waals surface area contributed by atoms with E-state index < -0.39 is 33.4 Å². The highest BCUT2D eigenvalue weighted by Gasteiger charge is 2.22. The lowest BCUT2D eigenvalue weighted by atomic mass is 10.2. The molecular weight excluding hydrogens is 301 g/mol. The molecule has 1 aromatic carbocycles. The largest absolute Gasteiger partial charge is 0.478 e. The highest BCUT2D eigenvalue weighted by Crippen LogP contribution is 2.16. The first kappa shape index (κ1) is 17.5. The Morgan fingerprint density at radius 2 is 2.14 bits per heavy atom. The Kier molecular flexibility index (Phi) is 6.25. The van der Waals surface area contributed by atoms with Crippen molar-refractivity contribution in [1.29, 1.82) is 0 Å². The predicted molar refractivity (Wildman–Crippen MR) is 74.3 cm³/mol. The summed E-state index contributed by atoms with van der Waals surface area (Å²) in [4.78, 5) is 10.6. The Hall–Kier alpha value is -1.51. The number of carbonyl (C=O) groups is 1. The number of carboxylic acids is 1. The minimum atomic E-state index is -3.94. The molecule has 1 atom stereocenters. The van der Waals surface area contributed by atoms with E-state index in [4.69, 9.17) is 9.84 Å². The van der Waals surface area contributed by atoms with Crippen molar-refractivity contribution >= 4 is 16.0 Å². The van der Waals surface area contributed by atoms with Gasteiger partial charge in [0.05, 0.1) is 17.1 Å². The third-order valence-electron chi connectivity index (χ3n) is 2.81. The Morgan fingerprint density at radius 3 is 2.67 bits per heavy atom. The third kappa shape index (κ3) is 4.76. The molecule has 0 saturated carbocycles. The van der Waals surface area contributed by atoms with E-state index in [1.54, 1.807) is 0 Å². The molecule has 6 nitrogen and oxygen atoms in total. The molecule has 8 heteroatoms. The van der Waals surface area contributed by atoms with Crippen molar-refractivity contribution in [3.05, 3.63) is 29.6 Å². The zero-order valence-corrected chi connectivity index (χ0v) is 12.6. The number of carboxylic acid groups (broad SMARTS) is 1. The number of ether oxygens (including phenoxy) is 1. The summed E-state index contributed by atoms with van der Waals surface area (Å²) in [6.07, 6.45) is 1.32. The lowest BCUT2D eigenvalue weighted by molar-refractivity contribution is 0.0691. The first-order chi connectivity index (χ1) is 9.81.